The summed E-state index contributed by atoms with van der Waals surface area (Å²) in [6.07, 6.45) is 6.79. The summed E-state index contributed by atoms with van der Waals surface area (Å²) in [5.74, 6) is 0.919. The van der Waals surface area contributed by atoms with Crippen molar-refractivity contribution in [3.05, 3.63) is 30.0 Å². The lowest BCUT2D eigenvalue weighted by molar-refractivity contribution is 0.0952. The van der Waals surface area contributed by atoms with E-state index in [9.17, 15) is 4.79 Å². The molecular formula is C17H23N3OS. The van der Waals surface area contributed by atoms with Gasteiger partial charge in [-0.05, 0) is 18.9 Å². The Labute approximate surface area is 135 Å². The Bertz CT molecular complexity index is 646. The topological polar surface area (TPSA) is 46.9 Å². The standard InChI is InChI=1S/C17H23N3OS/c1-20-15-10-6-5-9-14(15)16(19-20)17(21)18-11-12-22-13-7-3-2-4-8-13/h5-6,9-10,13H,2-4,7-8,11-12H2,1H3,(H,18,21). The second-order valence-corrected chi connectivity index (χ2v) is 7.28. The third-order valence-electron chi connectivity index (χ3n) is 4.27. The number of aryl methyl sites for hydroxylation is 1. The van der Waals surface area contributed by atoms with Crippen LogP contribution in [0.15, 0.2) is 24.3 Å². The number of thioether (sulfide) groups is 1. The van der Waals surface area contributed by atoms with E-state index in [1.165, 1.54) is 32.1 Å². The molecule has 1 aromatic heterocycles. The molecule has 0 atom stereocenters. The zero-order valence-electron chi connectivity index (χ0n) is 13.0. The number of amides is 1. The van der Waals surface area contributed by atoms with Gasteiger partial charge in [0.1, 0.15) is 0 Å². The minimum atomic E-state index is -0.0685. The molecule has 0 unspecified atom stereocenters. The van der Waals surface area contributed by atoms with E-state index >= 15 is 0 Å². The van der Waals surface area contributed by atoms with Gasteiger partial charge in [0.15, 0.2) is 5.69 Å². The Morgan fingerprint density at radius 1 is 1.32 bits per heavy atom. The maximum absolute atomic E-state index is 12.3. The predicted octanol–water partition coefficient (Wildman–Crippen LogP) is 3.37. The van der Waals surface area contributed by atoms with Gasteiger partial charge >= 0.3 is 0 Å². The minimum Gasteiger partial charge on any atom is -0.350 e. The molecule has 1 N–H and O–H groups in total. The molecule has 5 heteroatoms. The van der Waals surface area contributed by atoms with E-state index < -0.39 is 0 Å². The van der Waals surface area contributed by atoms with E-state index in [1.807, 2.05) is 43.1 Å². The molecule has 1 saturated carbocycles. The monoisotopic (exact) mass is 317 g/mol. The van der Waals surface area contributed by atoms with Crippen molar-refractivity contribution in [2.75, 3.05) is 12.3 Å². The minimum absolute atomic E-state index is 0.0685. The normalized spacial score (nSPS) is 16.0. The van der Waals surface area contributed by atoms with Crippen molar-refractivity contribution in [1.82, 2.24) is 15.1 Å². The van der Waals surface area contributed by atoms with Crippen LogP contribution in [0.4, 0.5) is 0 Å². The Balaban J connectivity index is 1.53. The number of benzene rings is 1. The maximum Gasteiger partial charge on any atom is 0.272 e. The number of hydrogen-bond donors (Lipinski definition) is 1. The predicted molar refractivity (Wildman–Crippen MR) is 92.4 cm³/mol. The van der Waals surface area contributed by atoms with Crippen LogP contribution in [0.2, 0.25) is 0 Å². The summed E-state index contributed by atoms with van der Waals surface area (Å²) < 4.78 is 1.76. The molecule has 0 bridgehead atoms. The highest BCUT2D eigenvalue weighted by molar-refractivity contribution is 7.99. The summed E-state index contributed by atoms with van der Waals surface area (Å²) >= 11 is 2.00. The van der Waals surface area contributed by atoms with E-state index in [0.29, 0.717) is 12.2 Å². The number of carbonyl (C=O) groups is 1. The van der Waals surface area contributed by atoms with Crippen molar-refractivity contribution in [2.24, 2.45) is 7.05 Å². The lowest BCUT2D eigenvalue weighted by atomic mass is 10.0. The van der Waals surface area contributed by atoms with E-state index in [4.69, 9.17) is 0 Å². The molecule has 1 aliphatic rings. The number of fused-ring (bicyclic) bond motifs is 1. The summed E-state index contributed by atoms with van der Waals surface area (Å²) in [5, 5.41) is 9.08. The first kappa shape index (κ1) is 15.4. The summed E-state index contributed by atoms with van der Waals surface area (Å²) in [7, 11) is 1.87. The van der Waals surface area contributed by atoms with Gasteiger partial charge < -0.3 is 5.32 Å². The van der Waals surface area contributed by atoms with Crippen molar-refractivity contribution in [1.29, 1.82) is 0 Å². The molecule has 3 rings (SSSR count). The van der Waals surface area contributed by atoms with Gasteiger partial charge in [-0.15, -0.1) is 0 Å². The summed E-state index contributed by atoms with van der Waals surface area (Å²) in [6, 6.07) is 7.85. The molecule has 118 valence electrons. The zero-order valence-corrected chi connectivity index (χ0v) is 13.9. The van der Waals surface area contributed by atoms with Crippen molar-refractivity contribution < 1.29 is 4.79 Å². The Morgan fingerprint density at radius 2 is 2.09 bits per heavy atom. The van der Waals surface area contributed by atoms with Gasteiger partial charge in [-0.2, -0.15) is 16.9 Å². The Kier molecular flexibility index (Phi) is 5.03. The van der Waals surface area contributed by atoms with Crippen LogP contribution in [0.3, 0.4) is 0 Å². The van der Waals surface area contributed by atoms with Gasteiger partial charge in [0.2, 0.25) is 0 Å². The molecule has 1 aromatic carbocycles. The van der Waals surface area contributed by atoms with Crippen molar-refractivity contribution in [3.63, 3.8) is 0 Å². The average Bonchev–Trinajstić information content (AvgIpc) is 2.90. The largest absolute Gasteiger partial charge is 0.350 e. The SMILES string of the molecule is Cn1nc(C(=O)NCCSC2CCCCC2)c2ccccc21. The van der Waals surface area contributed by atoms with Gasteiger partial charge in [0, 0.05) is 30.0 Å². The molecule has 2 aromatic rings. The fraction of sp³-hybridized carbons (Fsp3) is 0.529. The van der Waals surface area contributed by atoms with E-state index in [0.717, 1.165) is 21.9 Å². The van der Waals surface area contributed by atoms with Gasteiger partial charge in [-0.1, -0.05) is 37.5 Å². The molecule has 1 aliphatic carbocycles. The fourth-order valence-electron chi connectivity index (χ4n) is 3.09. The van der Waals surface area contributed by atoms with Crippen molar-refractivity contribution in [3.8, 4) is 0 Å². The number of carbonyl (C=O) groups excluding carboxylic acids is 1. The third kappa shape index (κ3) is 3.46. The smallest absolute Gasteiger partial charge is 0.272 e. The Hall–Kier alpha value is -1.49. The first-order chi connectivity index (χ1) is 10.8. The number of hydrogen-bond acceptors (Lipinski definition) is 3. The molecule has 22 heavy (non-hydrogen) atoms. The van der Waals surface area contributed by atoms with Gasteiger partial charge in [-0.25, -0.2) is 0 Å². The molecule has 0 aliphatic heterocycles. The molecule has 0 spiro atoms. The van der Waals surface area contributed by atoms with Crippen LogP contribution in [-0.4, -0.2) is 33.2 Å². The number of para-hydroxylation sites is 1. The lowest BCUT2D eigenvalue weighted by Gasteiger charge is -2.20. The summed E-state index contributed by atoms with van der Waals surface area (Å²) in [4.78, 5) is 12.3. The quantitative estimate of drug-likeness (QED) is 0.860. The number of rotatable bonds is 5. The number of nitrogens with one attached hydrogen (secondary N) is 1. The molecule has 4 nitrogen and oxygen atoms in total. The highest BCUT2D eigenvalue weighted by atomic mass is 32.2. The van der Waals surface area contributed by atoms with E-state index in [-0.39, 0.29) is 5.91 Å². The van der Waals surface area contributed by atoms with Crippen LogP contribution < -0.4 is 5.32 Å². The zero-order chi connectivity index (χ0) is 15.4. The van der Waals surface area contributed by atoms with Crippen LogP contribution in [0.1, 0.15) is 42.6 Å². The first-order valence-corrected chi connectivity index (χ1v) is 9.12. The third-order valence-corrected chi connectivity index (χ3v) is 5.65. The fourth-order valence-corrected chi connectivity index (χ4v) is 4.31. The van der Waals surface area contributed by atoms with Gasteiger partial charge in [0.05, 0.1) is 5.52 Å². The second-order valence-electron chi connectivity index (χ2n) is 5.88. The van der Waals surface area contributed by atoms with Crippen LogP contribution in [-0.2, 0) is 7.05 Å². The van der Waals surface area contributed by atoms with Gasteiger partial charge in [-0.3, -0.25) is 9.48 Å². The van der Waals surface area contributed by atoms with Crippen molar-refractivity contribution >= 4 is 28.6 Å². The highest BCUT2D eigenvalue weighted by Crippen LogP contribution is 2.27. The van der Waals surface area contributed by atoms with Crippen LogP contribution >= 0.6 is 11.8 Å². The maximum atomic E-state index is 12.3. The molecule has 1 heterocycles. The highest BCUT2D eigenvalue weighted by Gasteiger charge is 2.16. The molecule has 1 fully saturated rings. The van der Waals surface area contributed by atoms with E-state index in [1.54, 1.807) is 4.68 Å². The number of aromatic nitrogens is 2. The number of nitrogens with zero attached hydrogens (tertiary/aromatic N) is 2. The second kappa shape index (κ2) is 7.18. The molecule has 1 amide bonds. The summed E-state index contributed by atoms with van der Waals surface area (Å²) in [6.45, 7) is 0.713. The molecule has 0 saturated heterocycles. The van der Waals surface area contributed by atoms with Crippen LogP contribution in [0.5, 0.6) is 0 Å². The lowest BCUT2D eigenvalue weighted by Crippen LogP contribution is -2.27. The van der Waals surface area contributed by atoms with Crippen LogP contribution in [0, 0.1) is 0 Å². The van der Waals surface area contributed by atoms with Crippen LogP contribution in [0.25, 0.3) is 10.9 Å². The van der Waals surface area contributed by atoms with E-state index in [2.05, 4.69) is 10.4 Å². The molecular weight excluding hydrogens is 294 g/mol. The first-order valence-electron chi connectivity index (χ1n) is 8.07. The van der Waals surface area contributed by atoms with Gasteiger partial charge in [0.25, 0.3) is 5.91 Å². The Morgan fingerprint density at radius 3 is 2.91 bits per heavy atom. The molecule has 0 radical (unpaired) electrons. The average molecular weight is 317 g/mol. The summed E-state index contributed by atoms with van der Waals surface area (Å²) in [5.41, 5.74) is 1.52. The van der Waals surface area contributed by atoms with Crippen molar-refractivity contribution in [2.45, 2.75) is 37.4 Å².